The Kier molecular flexibility index (Phi) is 4.65. The topological polar surface area (TPSA) is 33.2 Å². The SMILES string of the molecule is O=C(c1cnc(Cl)c(Cl)c1)N1CCC(c2ccccc2)CC1. The Morgan fingerprint density at radius 1 is 1.14 bits per heavy atom. The highest BCUT2D eigenvalue weighted by molar-refractivity contribution is 6.41. The molecule has 0 N–H and O–H groups in total. The molecule has 3 nitrogen and oxygen atoms in total. The summed E-state index contributed by atoms with van der Waals surface area (Å²) in [4.78, 5) is 18.3. The number of benzene rings is 1. The molecule has 0 unspecified atom stereocenters. The normalized spacial score (nSPS) is 15.8. The van der Waals surface area contributed by atoms with Crippen LogP contribution in [0.2, 0.25) is 10.2 Å². The minimum Gasteiger partial charge on any atom is -0.339 e. The third kappa shape index (κ3) is 3.26. The molecule has 0 saturated carbocycles. The zero-order valence-electron chi connectivity index (χ0n) is 12.0. The van der Waals surface area contributed by atoms with Crippen LogP contribution in [0.5, 0.6) is 0 Å². The first-order valence-corrected chi connectivity index (χ1v) is 8.06. The molecule has 1 aliphatic heterocycles. The van der Waals surface area contributed by atoms with Crippen molar-refractivity contribution < 1.29 is 4.79 Å². The molecule has 1 fully saturated rings. The van der Waals surface area contributed by atoms with Crippen LogP contribution in [-0.2, 0) is 0 Å². The molecule has 0 aliphatic carbocycles. The van der Waals surface area contributed by atoms with Crippen LogP contribution < -0.4 is 0 Å². The highest BCUT2D eigenvalue weighted by Gasteiger charge is 2.24. The number of aromatic nitrogens is 1. The van der Waals surface area contributed by atoms with Gasteiger partial charge >= 0.3 is 0 Å². The molecule has 1 amide bonds. The van der Waals surface area contributed by atoms with E-state index in [0.717, 1.165) is 25.9 Å². The minimum absolute atomic E-state index is 0.0300. The number of pyridine rings is 1. The number of halogens is 2. The maximum Gasteiger partial charge on any atom is 0.255 e. The third-order valence-corrected chi connectivity index (χ3v) is 4.78. The molecule has 22 heavy (non-hydrogen) atoms. The Bertz CT molecular complexity index is 668. The number of carbonyl (C=O) groups is 1. The predicted molar refractivity (Wildman–Crippen MR) is 88.6 cm³/mol. The van der Waals surface area contributed by atoms with Gasteiger partial charge in [0.05, 0.1) is 10.6 Å². The summed E-state index contributed by atoms with van der Waals surface area (Å²) in [6.07, 6.45) is 3.44. The lowest BCUT2D eigenvalue weighted by atomic mass is 9.89. The quantitative estimate of drug-likeness (QED) is 0.762. The average Bonchev–Trinajstić information content (AvgIpc) is 2.58. The van der Waals surface area contributed by atoms with Crippen LogP contribution in [0.1, 0.15) is 34.7 Å². The lowest BCUT2D eigenvalue weighted by molar-refractivity contribution is 0.0712. The lowest BCUT2D eigenvalue weighted by Crippen LogP contribution is -2.38. The fourth-order valence-electron chi connectivity index (χ4n) is 2.86. The molecule has 0 radical (unpaired) electrons. The van der Waals surface area contributed by atoms with Crippen molar-refractivity contribution in [2.24, 2.45) is 0 Å². The summed E-state index contributed by atoms with van der Waals surface area (Å²) in [7, 11) is 0. The van der Waals surface area contributed by atoms with Gasteiger partial charge in [-0.3, -0.25) is 4.79 Å². The number of nitrogens with zero attached hydrogens (tertiary/aromatic N) is 2. The highest BCUT2D eigenvalue weighted by Crippen LogP contribution is 2.29. The fourth-order valence-corrected chi connectivity index (χ4v) is 3.13. The van der Waals surface area contributed by atoms with Gasteiger partial charge in [0.1, 0.15) is 5.15 Å². The van der Waals surface area contributed by atoms with E-state index in [2.05, 4.69) is 29.2 Å². The van der Waals surface area contributed by atoms with Crippen LogP contribution in [0.4, 0.5) is 0 Å². The highest BCUT2D eigenvalue weighted by atomic mass is 35.5. The van der Waals surface area contributed by atoms with Gasteiger partial charge in [-0.15, -0.1) is 0 Å². The van der Waals surface area contributed by atoms with Crippen molar-refractivity contribution in [3.05, 3.63) is 63.9 Å². The van der Waals surface area contributed by atoms with Crippen LogP contribution in [0, 0.1) is 0 Å². The molecule has 114 valence electrons. The smallest absolute Gasteiger partial charge is 0.255 e. The first kappa shape index (κ1) is 15.3. The number of amides is 1. The summed E-state index contributed by atoms with van der Waals surface area (Å²) >= 11 is 11.7. The van der Waals surface area contributed by atoms with E-state index in [1.165, 1.54) is 11.8 Å². The van der Waals surface area contributed by atoms with Crippen LogP contribution >= 0.6 is 23.2 Å². The van der Waals surface area contributed by atoms with Gasteiger partial charge in [0, 0.05) is 19.3 Å². The van der Waals surface area contributed by atoms with Gasteiger partial charge < -0.3 is 4.90 Å². The van der Waals surface area contributed by atoms with Crippen molar-refractivity contribution in [3.8, 4) is 0 Å². The molecule has 1 saturated heterocycles. The summed E-state index contributed by atoms with van der Waals surface area (Å²) in [5, 5.41) is 0.535. The van der Waals surface area contributed by atoms with Crippen molar-refractivity contribution in [1.82, 2.24) is 9.88 Å². The van der Waals surface area contributed by atoms with Gasteiger partial charge in [-0.25, -0.2) is 4.98 Å². The molecule has 0 atom stereocenters. The van der Waals surface area contributed by atoms with Gasteiger partial charge in [-0.05, 0) is 30.4 Å². The Hall–Kier alpha value is -1.58. The predicted octanol–water partition coefficient (Wildman–Crippen LogP) is 4.41. The van der Waals surface area contributed by atoms with Crippen molar-refractivity contribution >= 4 is 29.1 Å². The van der Waals surface area contributed by atoms with E-state index < -0.39 is 0 Å². The second kappa shape index (κ2) is 6.67. The van der Waals surface area contributed by atoms with Crippen LogP contribution in [-0.4, -0.2) is 28.9 Å². The molecule has 1 aliphatic rings. The lowest BCUT2D eigenvalue weighted by Gasteiger charge is -2.32. The summed E-state index contributed by atoms with van der Waals surface area (Å²) < 4.78 is 0. The van der Waals surface area contributed by atoms with E-state index in [1.807, 2.05) is 11.0 Å². The van der Waals surface area contributed by atoms with Crippen LogP contribution in [0.3, 0.4) is 0 Å². The molecule has 0 spiro atoms. The molecule has 1 aromatic heterocycles. The molecular weight excluding hydrogens is 319 g/mol. The molecule has 1 aromatic carbocycles. The maximum atomic E-state index is 12.5. The van der Waals surface area contributed by atoms with Gasteiger partial charge in [0.25, 0.3) is 5.91 Å². The molecule has 2 aromatic rings. The monoisotopic (exact) mass is 334 g/mol. The summed E-state index contributed by atoms with van der Waals surface area (Å²) in [6.45, 7) is 1.50. The molecule has 3 rings (SSSR count). The van der Waals surface area contributed by atoms with E-state index in [1.54, 1.807) is 6.07 Å². The van der Waals surface area contributed by atoms with Crippen molar-refractivity contribution in [2.45, 2.75) is 18.8 Å². The van der Waals surface area contributed by atoms with E-state index in [-0.39, 0.29) is 11.1 Å². The zero-order valence-corrected chi connectivity index (χ0v) is 13.5. The van der Waals surface area contributed by atoms with Crippen molar-refractivity contribution in [2.75, 3.05) is 13.1 Å². The molecule has 2 heterocycles. The van der Waals surface area contributed by atoms with E-state index >= 15 is 0 Å². The van der Waals surface area contributed by atoms with Crippen LogP contribution in [0.15, 0.2) is 42.6 Å². The number of hydrogen-bond donors (Lipinski definition) is 0. The maximum absolute atomic E-state index is 12.5. The minimum atomic E-state index is -0.0300. The number of rotatable bonds is 2. The van der Waals surface area contributed by atoms with Crippen molar-refractivity contribution in [3.63, 3.8) is 0 Å². The fraction of sp³-hybridized carbons (Fsp3) is 0.294. The standard InChI is InChI=1S/C17H16Cl2N2O/c18-15-10-14(11-20-16(15)19)17(22)21-8-6-13(7-9-21)12-4-2-1-3-5-12/h1-5,10-11,13H,6-9H2. The van der Waals surface area contributed by atoms with Gasteiger partial charge in [0.15, 0.2) is 0 Å². The summed E-state index contributed by atoms with van der Waals surface area (Å²) in [5.41, 5.74) is 1.85. The van der Waals surface area contributed by atoms with Crippen LogP contribution in [0.25, 0.3) is 0 Å². The molecule has 0 bridgehead atoms. The second-order valence-electron chi connectivity index (χ2n) is 5.47. The number of piperidine rings is 1. The van der Waals surface area contributed by atoms with E-state index in [0.29, 0.717) is 16.5 Å². The average molecular weight is 335 g/mol. The number of likely N-dealkylation sites (tertiary alicyclic amines) is 1. The Balaban J connectivity index is 1.66. The first-order valence-electron chi connectivity index (χ1n) is 7.30. The van der Waals surface area contributed by atoms with Crippen molar-refractivity contribution in [1.29, 1.82) is 0 Å². The third-order valence-electron chi connectivity index (χ3n) is 4.10. The Morgan fingerprint density at radius 2 is 1.82 bits per heavy atom. The molecular formula is C17H16Cl2N2O. The second-order valence-corrected chi connectivity index (χ2v) is 6.24. The molecule has 5 heteroatoms. The van der Waals surface area contributed by atoms with Gasteiger partial charge in [-0.2, -0.15) is 0 Å². The summed E-state index contributed by atoms with van der Waals surface area (Å²) in [5.74, 6) is 0.495. The van der Waals surface area contributed by atoms with E-state index in [4.69, 9.17) is 23.2 Å². The van der Waals surface area contributed by atoms with Gasteiger partial charge in [-0.1, -0.05) is 53.5 Å². The largest absolute Gasteiger partial charge is 0.339 e. The number of hydrogen-bond acceptors (Lipinski definition) is 2. The zero-order chi connectivity index (χ0) is 15.5. The van der Waals surface area contributed by atoms with E-state index in [9.17, 15) is 4.79 Å². The summed E-state index contributed by atoms with van der Waals surface area (Å²) in [6, 6.07) is 12.1. The Labute approximate surface area is 139 Å². The first-order chi connectivity index (χ1) is 10.6. The Morgan fingerprint density at radius 3 is 2.45 bits per heavy atom. The number of carbonyl (C=O) groups excluding carboxylic acids is 1. The van der Waals surface area contributed by atoms with Gasteiger partial charge in [0.2, 0.25) is 0 Å².